The third-order valence-electron chi connectivity index (χ3n) is 7.53. The van der Waals surface area contributed by atoms with Gasteiger partial charge in [0.1, 0.15) is 6.04 Å². The van der Waals surface area contributed by atoms with Crippen LogP contribution in [-0.4, -0.2) is 15.6 Å². The smallest absolute Gasteiger partial charge is 0.306 e. The molecule has 0 aliphatic heterocycles. The summed E-state index contributed by atoms with van der Waals surface area (Å²) in [6.45, 7) is 2.08. The molecule has 6 nitrogen and oxygen atoms in total. The van der Waals surface area contributed by atoms with Gasteiger partial charge in [0.25, 0.3) is 0 Å². The van der Waals surface area contributed by atoms with Crippen molar-refractivity contribution in [2.45, 2.75) is 56.9 Å². The summed E-state index contributed by atoms with van der Waals surface area (Å²) in [5.41, 5.74) is 5.26. The van der Waals surface area contributed by atoms with Crippen LogP contribution >= 0.6 is 0 Å². The molecule has 1 aliphatic carbocycles. The highest BCUT2D eigenvalue weighted by atomic mass is 16.4. The minimum absolute atomic E-state index is 0.0343. The first kappa shape index (κ1) is 24.6. The maximum atomic E-state index is 11.9. The molecule has 35 heavy (non-hydrogen) atoms. The van der Waals surface area contributed by atoms with Crippen LogP contribution in [0.4, 0.5) is 0 Å². The fraction of sp³-hybridized carbons (Fsp3) is 0.379. The third-order valence-corrected chi connectivity index (χ3v) is 7.53. The normalized spacial score (nSPS) is 19.6. The van der Waals surface area contributed by atoms with Crippen molar-refractivity contribution < 1.29 is 9.90 Å². The number of nitroso groups, excluding NO2 is 1. The number of carboxylic acid groups (broad SMARTS) is 1. The summed E-state index contributed by atoms with van der Waals surface area (Å²) in [7, 11) is 1.68. The van der Waals surface area contributed by atoms with Crippen molar-refractivity contribution in [1.29, 1.82) is 0 Å². The molecule has 2 atom stereocenters. The molecule has 1 N–H and O–H groups in total. The summed E-state index contributed by atoms with van der Waals surface area (Å²) in [5, 5.41) is 12.7. The van der Waals surface area contributed by atoms with E-state index in [2.05, 4.69) is 48.5 Å². The number of nitrogens with zero attached hydrogens (tertiary/aromatic N) is 2. The highest BCUT2D eigenvalue weighted by Crippen LogP contribution is 2.39. The number of pyridine rings is 1. The van der Waals surface area contributed by atoms with Crippen LogP contribution in [0.2, 0.25) is 0 Å². The van der Waals surface area contributed by atoms with Crippen molar-refractivity contribution in [1.82, 2.24) is 4.57 Å². The largest absolute Gasteiger partial charge is 0.481 e. The minimum Gasteiger partial charge on any atom is -0.481 e. The summed E-state index contributed by atoms with van der Waals surface area (Å²) < 4.78 is 1.48. The molecule has 6 heteroatoms. The maximum Gasteiger partial charge on any atom is 0.306 e. The number of aromatic nitrogens is 1. The van der Waals surface area contributed by atoms with Gasteiger partial charge in [0.05, 0.1) is 5.92 Å². The number of hydrogen-bond acceptors (Lipinski definition) is 4. The fourth-order valence-corrected chi connectivity index (χ4v) is 5.37. The number of rotatable bonds is 8. The van der Waals surface area contributed by atoms with Crippen molar-refractivity contribution in [2.24, 2.45) is 18.1 Å². The van der Waals surface area contributed by atoms with E-state index in [9.17, 15) is 19.6 Å². The van der Waals surface area contributed by atoms with E-state index in [0.717, 1.165) is 47.9 Å². The molecular weight excluding hydrogens is 440 g/mol. The molecule has 182 valence electrons. The fourth-order valence-electron chi connectivity index (χ4n) is 5.37. The lowest BCUT2D eigenvalue weighted by Gasteiger charge is -2.27. The number of aliphatic carboxylic acids is 1. The second-order valence-electron chi connectivity index (χ2n) is 9.73. The van der Waals surface area contributed by atoms with Gasteiger partial charge in [-0.3, -0.25) is 9.59 Å². The van der Waals surface area contributed by atoms with Gasteiger partial charge in [0, 0.05) is 25.2 Å². The predicted molar refractivity (Wildman–Crippen MR) is 137 cm³/mol. The Kier molecular flexibility index (Phi) is 7.59. The number of benzene rings is 2. The second kappa shape index (κ2) is 10.8. The Labute approximate surface area is 205 Å². The van der Waals surface area contributed by atoms with E-state index in [1.165, 1.54) is 16.2 Å². The topological polar surface area (TPSA) is 88.7 Å². The third kappa shape index (κ3) is 5.59. The van der Waals surface area contributed by atoms with E-state index in [-0.39, 0.29) is 17.4 Å². The molecule has 1 aliphatic rings. The monoisotopic (exact) mass is 472 g/mol. The lowest BCUT2D eigenvalue weighted by atomic mass is 9.77. The van der Waals surface area contributed by atoms with Crippen molar-refractivity contribution >= 4 is 5.97 Å². The first-order valence-corrected chi connectivity index (χ1v) is 12.2. The molecule has 1 unspecified atom stereocenters. The molecule has 1 saturated carbocycles. The first-order chi connectivity index (χ1) is 16.9. The average molecular weight is 473 g/mol. The van der Waals surface area contributed by atoms with Crippen molar-refractivity contribution in [3.63, 3.8) is 0 Å². The number of aryl methyl sites for hydroxylation is 2. The molecule has 0 saturated heterocycles. The lowest BCUT2D eigenvalue weighted by molar-refractivity contribution is -0.142. The van der Waals surface area contributed by atoms with Gasteiger partial charge in [-0.15, -0.1) is 0 Å². The SMILES string of the molecule is Cc1ccccc1[C@@H](CC(N=O)c1ccc(=O)n(C)c1)c1ccc(C2CCC(C(=O)O)CC2)cc1. The molecule has 1 heterocycles. The van der Waals surface area contributed by atoms with Gasteiger partial charge >= 0.3 is 5.97 Å². The van der Waals surface area contributed by atoms with Gasteiger partial charge in [-0.1, -0.05) is 53.7 Å². The van der Waals surface area contributed by atoms with E-state index >= 15 is 0 Å². The Morgan fingerprint density at radius 1 is 1.00 bits per heavy atom. The average Bonchev–Trinajstić information content (AvgIpc) is 2.87. The molecule has 1 aromatic heterocycles. The Morgan fingerprint density at radius 2 is 1.66 bits per heavy atom. The van der Waals surface area contributed by atoms with Crippen molar-refractivity contribution in [3.8, 4) is 0 Å². The Morgan fingerprint density at radius 3 is 2.26 bits per heavy atom. The zero-order valence-corrected chi connectivity index (χ0v) is 20.3. The molecule has 2 aromatic carbocycles. The van der Waals surface area contributed by atoms with Crippen LogP contribution in [0.3, 0.4) is 0 Å². The highest BCUT2D eigenvalue weighted by molar-refractivity contribution is 5.70. The first-order valence-electron chi connectivity index (χ1n) is 12.2. The number of carbonyl (C=O) groups is 1. The molecule has 0 spiro atoms. The zero-order valence-electron chi connectivity index (χ0n) is 20.3. The molecule has 1 fully saturated rings. The Hall–Kier alpha value is -3.54. The maximum absolute atomic E-state index is 11.9. The van der Waals surface area contributed by atoms with Gasteiger partial charge < -0.3 is 9.67 Å². The summed E-state index contributed by atoms with van der Waals surface area (Å²) in [6.07, 6.45) is 5.41. The Balaban J connectivity index is 1.61. The van der Waals surface area contributed by atoms with Crippen LogP contribution < -0.4 is 5.56 Å². The van der Waals surface area contributed by atoms with Gasteiger partial charge in [0.15, 0.2) is 0 Å². The summed E-state index contributed by atoms with van der Waals surface area (Å²) in [4.78, 5) is 35.1. The van der Waals surface area contributed by atoms with Gasteiger partial charge in [0.2, 0.25) is 5.56 Å². The number of hydrogen-bond donors (Lipinski definition) is 1. The molecular formula is C29H32N2O4. The van der Waals surface area contributed by atoms with E-state index in [4.69, 9.17) is 0 Å². The van der Waals surface area contributed by atoms with E-state index in [1.54, 1.807) is 19.3 Å². The lowest BCUT2D eigenvalue weighted by Crippen LogP contribution is -2.20. The Bertz CT molecular complexity index is 1240. The van der Waals surface area contributed by atoms with Gasteiger partial charge in [-0.05, 0) is 78.8 Å². The van der Waals surface area contributed by atoms with Crippen molar-refractivity contribution in [2.75, 3.05) is 0 Å². The quantitative estimate of drug-likeness (QED) is 0.402. The highest BCUT2D eigenvalue weighted by Gasteiger charge is 2.28. The van der Waals surface area contributed by atoms with Crippen LogP contribution in [0.5, 0.6) is 0 Å². The summed E-state index contributed by atoms with van der Waals surface area (Å²) >= 11 is 0. The zero-order chi connectivity index (χ0) is 24.9. The molecule has 0 amide bonds. The van der Waals surface area contributed by atoms with Crippen LogP contribution in [0, 0.1) is 17.7 Å². The molecule has 3 aromatic rings. The minimum atomic E-state index is -0.684. The van der Waals surface area contributed by atoms with E-state index in [0.29, 0.717) is 12.3 Å². The van der Waals surface area contributed by atoms with Crippen molar-refractivity contribution in [3.05, 3.63) is 110 Å². The molecule has 4 rings (SSSR count). The van der Waals surface area contributed by atoms with Crippen LogP contribution in [0.15, 0.2) is 76.8 Å². The molecule has 0 bridgehead atoms. The van der Waals surface area contributed by atoms with Crippen LogP contribution in [-0.2, 0) is 11.8 Å². The standard InChI is InChI=1S/C29H32N2O4/c1-19-5-3-4-6-25(19)26(17-27(30-35)24-15-16-28(32)31(2)18-24)22-11-7-20(8-12-22)21-9-13-23(14-10-21)29(33)34/h3-8,11-12,15-16,18,21,23,26-27H,9-10,13-14,17H2,1-2H3,(H,33,34)/t21?,23?,26-,27?/m0/s1. The van der Waals surface area contributed by atoms with Gasteiger partial charge in [-0.25, -0.2) is 0 Å². The summed E-state index contributed by atoms with van der Waals surface area (Å²) in [5.74, 6) is -0.558. The number of carboxylic acids is 1. The van der Waals surface area contributed by atoms with Crippen LogP contribution in [0.25, 0.3) is 0 Å². The van der Waals surface area contributed by atoms with E-state index < -0.39 is 12.0 Å². The summed E-state index contributed by atoms with van der Waals surface area (Å²) in [6, 6.07) is 19.4. The predicted octanol–water partition coefficient (Wildman–Crippen LogP) is 6.08. The molecule has 0 radical (unpaired) electrons. The second-order valence-corrected chi connectivity index (χ2v) is 9.73. The van der Waals surface area contributed by atoms with Gasteiger partial charge in [-0.2, -0.15) is 4.91 Å². The van der Waals surface area contributed by atoms with Crippen LogP contribution in [0.1, 0.15) is 77.8 Å². The van der Waals surface area contributed by atoms with E-state index in [1.807, 2.05) is 12.1 Å².